The number of rotatable bonds is 6. The third-order valence-corrected chi connectivity index (χ3v) is 4.70. The molecule has 0 spiro atoms. The first-order valence-corrected chi connectivity index (χ1v) is 8.95. The molecule has 0 aromatic heterocycles. The standard InChI is InChI=1S/C18H24ClN3O3/c1-21-7-9-22(10-8-21)6-2-5-20-17(23)4-3-14-11-15(19)18-16(12-14)24-13-25-18/h3-4,11-12H,2,5-10,13H2,1H3,(H,20,23)/b4-3+. The smallest absolute Gasteiger partial charge is 0.243 e. The summed E-state index contributed by atoms with van der Waals surface area (Å²) in [6.07, 6.45) is 4.20. The number of carbonyl (C=O) groups is 1. The van der Waals surface area contributed by atoms with Crippen molar-refractivity contribution in [2.75, 3.05) is 53.1 Å². The molecule has 7 heteroatoms. The zero-order valence-corrected chi connectivity index (χ0v) is 15.2. The average molecular weight is 366 g/mol. The van der Waals surface area contributed by atoms with Crippen LogP contribution in [0.3, 0.4) is 0 Å². The summed E-state index contributed by atoms with van der Waals surface area (Å²) in [5.74, 6) is 1.07. The second-order valence-electron chi connectivity index (χ2n) is 6.36. The number of likely N-dealkylation sites (N-methyl/N-ethyl adjacent to an activating group) is 1. The Morgan fingerprint density at radius 2 is 2.08 bits per heavy atom. The van der Waals surface area contributed by atoms with Gasteiger partial charge in [0.25, 0.3) is 0 Å². The molecule has 1 saturated heterocycles. The Morgan fingerprint density at radius 1 is 1.28 bits per heavy atom. The fourth-order valence-electron chi connectivity index (χ4n) is 2.90. The highest BCUT2D eigenvalue weighted by atomic mass is 35.5. The Balaban J connectivity index is 1.39. The molecule has 1 amide bonds. The van der Waals surface area contributed by atoms with E-state index in [9.17, 15) is 4.79 Å². The van der Waals surface area contributed by atoms with E-state index in [-0.39, 0.29) is 12.7 Å². The highest BCUT2D eigenvalue weighted by Crippen LogP contribution is 2.39. The van der Waals surface area contributed by atoms with Gasteiger partial charge < -0.3 is 24.6 Å². The molecule has 0 unspecified atom stereocenters. The summed E-state index contributed by atoms with van der Waals surface area (Å²) in [6, 6.07) is 3.57. The molecule has 136 valence electrons. The van der Waals surface area contributed by atoms with Crippen molar-refractivity contribution in [2.24, 2.45) is 0 Å². The number of nitrogens with zero attached hydrogens (tertiary/aromatic N) is 2. The molecule has 0 bridgehead atoms. The van der Waals surface area contributed by atoms with Gasteiger partial charge in [0, 0.05) is 38.8 Å². The maximum Gasteiger partial charge on any atom is 0.243 e. The van der Waals surface area contributed by atoms with Gasteiger partial charge in [-0.05, 0) is 43.8 Å². The van der Waals surface area contributed by atoms with Gasteiger partial charge in [0.1, 0.15) is 0 Å². The summed E-state index contributed by atoms with van der Waals surface area (Å²) >= 11 is 6.13. The molecular formula is C18H24ClN3O3. The SMILES string of the molecule is CN1CCN(CCCNC(=O)/C=C/c2cc(Cl)c3c(c2)OCO3)CC1. The van der Waals surface area contributed by atoms with Crippen LogP contribution in [0.25, 0.3) is 6.08 Å². The summed E-state index contributed by atoms with van der Waals surface area (Å²) in [6.45, 7) is 6.33. The Labute approximate surface area is 153 Å². The number of carbonyl (C=O) groups excluding carboxylic acids is 1. The average Bonchev–Trinajstić information content (AvgIpc) is 3.08. The Bertz CT molecular complexity index is 643. The van der Waals surface area contributed by atoms with E-state index < -0.39 is 0 Å². The number of piperazine rings is 1. The van der Waals surface area contributed by atoms with Gasteiger partial charge in [-0.25, -0.2) is 0 Å². The number of nitrogens with one attached hydrogen (secondary N) is 1. The van der Waals surface area contributed by atoms with E-state index >= 15 is 0 Å². The highest BCUT2D eigenvalue weighted by Gasteiger charge is 2.17. The number of hydrogen-bond acceptors (Lipinski definition) is 5. The molecule has 1 fully saturated rings. The highest BCUT2D eigenvalue weighted by molar-refractivity contribution is 6.32. The summed E-state index contributed by atoms with van der Waals surface area (Å²) in [5.41, 5.74) is 0.807. The van der Waals surface area contributed by atoms with Crippen molar-refractivity contribution in [3.63, 3.8) is 0 Å². The molecule has 0 saturated carbocycles. The van der Waals surface area contributed by atoms with Gasteiger partial charge >= 0.3 is 0 Å². The lowest BCUT2D eigenvalue weighted by Gasteiger charge is -2.32. The molecule has 1 aromatic rings. The lowest BCUT2D eigenvalue weighted by Crippen LogP contribution is -2.45. The van der Waals surface area contributed by atoms with E-state index in [1.807, 2.05) is 6.07 Å². The van der Waals surface area contributed by atoms with Crippen LogP contribution in [0.15, 0.2) is 18.2 Å². The molecule has 25 heavy (non-hydrogen) atoms. The van der Waals surface area contributed by atoms with Crippen LogP contribution in [0, 0.1) is 0 Å². The second-order valence-corrected chi connectivity index (χ2v) is 6.77. The second kappa shape index (κ2) is 8.56. The molecule has 0 aliphatic carbocycles. The minimum atomic E-state index is -0.104. The third-order valence-electron chi connectivity index (χ3n) is 4.42. The van der Waals surface area contributed by atoms with Gasteiger partial charge in [0.05, 0.1) is 5.02 Å². The van der Waals surface area contributed by atoms with Crippen molar-refractivity contribution in [3.8, 4) is 11.5 Å². The van der Waals surface area contributed by atoms with Crippen LogP contribution in [0.4, 0.5) is 0 Å². The Hall–Kier alpha value is -1.76. The molecule has 2 heterocycles. The summed E-state index contributed by atoms with van der Waals surface area (Å²) in [4.78, 5) is 16.7. The fraction of sp³-hybridized carbons (Fsp3) is 0.500. The molecule has 1 N–H and O–H groups in total. The minimum absolute atomic E-state index is 0.104. The van der Waals surface area contributed by atoms with E-state index in [2.05, 4.69) is 22.2 Å². The van der Waals surface area contributed by atoms with Crippen LogP contribution >= 0.6 is 11.6 Å². The van der Waals surface area contributed by atoms with Gasteiger partial charge in [-0.15, -0.1) is 0 Å². The van der Waals surface area contributed by atoms with Crippen LogP contribution in [-0.4, -0.2) is 68.8 Å². The first-order valence-electron chi connectivity index (χ1n) is 8.58. The molecule has 2 aliphatic rings. The van der Waals surface area contributed by atoms with Crippen molar-refractivity contribution >= 4 is 23.6 Å². The van der Waals surface area contributed by atoms with Crippen LogP contribution in [0.1, 0.15) is 12.0 Å². The third kappa shape index (κ3) is 5.11. The van der Waals surface area contributed by atoms with E-state index in [4.69, 9.17) is 21.1 Å². The topological polar surface area (TPSA) is 54.0 Å². The van der Waals surface area contributed by atoms with E-state index in [0.717, 1.165) is 44.7 Å². The molecule has 3 rings (SSSR count). The van der Waals surface area contributed by atoms with Crippen molar-refractivity contribution in [1.29, 1.82) is 0 Å². The van der Waals surface area contributed by atoms with Gasteiger partial charge in [-0.1, -0.05) is 11.6 Å². The number of halogens is 1. The van der Waals surface area contributed by atoms with Crippen LogP contribution in [0.2, 0.25) is 5.02 Å². The van der Waals surface area contributed by atoms with E-state index in [1.165, 1.54) is 6.08 Å². The maximum absolute atomic E-state index is 11.9. The zero-order valence-electron chi connectivity index (χ0n) is 14.5. The summed E-state index contributed by atoms with van der Waals surface area (Å²) < 4.78 is 10.6. The zero-order chi connectivity index (χ0) is 17.6. The largest absolute Gasteiger partial charge is 0.454 e. The first-order chi connectivity index (χ1) is 12.1. The molecular weight excluding hydrogens is 342 g/mol. The monoisotopic (exact) mass is 365 g/mol. The predicted octanol–water partition coefficient (Wildman–Crippen LogP) is 1.84. The van der Waals surface area contributed by atoms with Crippen molar-refractivity contribution in [3.05, 3.63) is 28.8 Å². The van der Waals surface area contributed by atoms with Gasteiger partial charge in [-0.3, -0.25) is 4.79 Å². The lowest BCUT2D eigenvalue weighted by atomic mass is 10.2. The Kier molecular flexibility index (Phi) is 6.18. The quantitative estimate of drug-likeness (QED) is 0.615. The predicted molar refractivity (Wildman–Crippen MR) is 98.2 cm³/mol. The maximum atomic E-state index is 11.9. The van der Waals surface area contributed by atoms with Crippen molar-refractivity contribution in [1.82, 2.24) is 15.1 Å². The number of ether oxygens (including phenoxy) is 2. The first kappa shape index (κ1) is 18.0. The van der Waals surface area contributed by atoms with Crippen LogP contribution < -0.4 is 14.8 Å². The number of fused-ring (bicyclic) bond motifs is 1. The molecule has 0 atom stereocenters. The van der Waals surface area contributed by atoms with Gasteiger partial charge in [0.2, 0.25) is 12.7 Å². The van der Waals surface area contributed by atoms with Crippen molar-refractivity contribution in [2.45, 2.75) is 6.42 Å². The summed E-state index contributed by atoms with van der Waals surface area (Å²) in [5, 5.41) is 3.40. The number of benzene rings is 1. The molecule has 2 aliphatic heterocycles. The lowest BCUT2D eigenvalue weighted by molar-refractivity contribution is -0.116. The van der Waals surface area contributed by atoms with Crippen molar-refractivity contribution < 1.29 is 14.3 Å². The minimum Gasteiger partial charge on any atom is -0.454 e. The number of hydrogen-bond donors (Lipinski definition) is 1. The summed E-state index contributed by atoms with van der Waals surface area (Å²) in [7, 11) is 2.15. The van der Waals surface area contributed by atoms with Crippen LogP contribution in [-0.2, 0) is 4.79 Å². The van der Waals surface area contributed by atoms with Gasteiger partial charge in [-0.2, -0.15) is 0 Å². The molecule has 6 nitrogen and oxygen atoms in total. The van der Waals surface area contributed by atoms with E-state index in [0.29, 0.717) is 23.1 Å². The van der Waals surface area contributed by atoms with Gasteiger partial charge in [0.15, 0.2) is 11.5 Å². The Morgan fingerprint density at radius 3 is 2.88 bits per heavy atom. The normalized spacial score (nSPS) is 18.0. The van der Waals surface area contributed by atoms with Crippen LogP contribution in [0.5, 0.6) is 11.5 Å². The van der Waals surface area contributed by atoms with E-state index in [1.54, 1.807) is 12.1 Å². The number of amides is 1. The molecule has 0 radical (unpaired) electrons. The molecule has 1 aromatic carbocycles. The fourth-order valence-corrected chi connectivity index (χ4v) is 3.17.